The van der Waals surface area contributed by atoms with Crippen LogP contribution in [-0.2, 0) is 24.1 Å². The Morgan fingerprint density at radius 1 is 1.32 bits per heavy atom. The number of anilines is 1. The average molecular weight is 589 g/mol. The molecule has 3 aromatic rings. The van der Waals surface area contributed by atoms with E-state index in [1.165, 1.54) is 58.2 Å². The predicted octanol–water partition coefficient (Wildman–Crippen LogP) is 3.19. The first-order chi connectivity index (χ1) is 18.3. The van der Waals surface area contributed by atoms with Crippen molar-refractivity contribution in [2.24, 2.45) is 5.16 Å². The Morgan fingerprint density at radius 2 is 2.11 bits per heavy atom. The summed E-state index contributed by atoms with van der Waals surface area (Å²) in [7, 11) is 1.30. The third-order valence-corrected chi connectivity index (χ3v) is 10.0. The summed E-state index contributed by atoms with van der Waals surface area (Å²) < 4.78 is 0.696. The maximum atomic E-state index is 12.9. The Labute approximate surface area is 233 Å². The number of nitrogens with zero attached hydrogens (tertiary/aromatic N) is 4. The van der Waals surface area contributed by atoms with Crippen LogP contribution in [0.5, 0.6) is 0 Å². The van der Waals surface area contributed by atoms with E-state index in [1.807, 2.05) is 35.7 Å². The number of carboxylic acid groups (broad SMARTS) is 1. The number of nitrogen functional groups attached to an aromatic ring is 1. The van der Waals surface area contributed by atoms with Crippen LogP contribution >= 0.6 is 46.2 Å². The molecule has 0 aliphatic carbocycles. The molecule has 2 atom stereocenters. The van der Waals surface area contributed by atoms with E-state index in [0.717, 1.165) is 17.5 Å². The van der Waals surface area contributed by atoms with Crippen LogP contribution in [0, 0.1) is 0 Å². The second kappa shape index (κ2) is 10.8. The number of hydrogen-bond acceptors (Lipinski definition) is 12. The van der Waals surface area contributed by atoms with Gasteiger partial charge in [0, 0.05) is 27.6 Å². The molecule has 11 nitrogen and oxygen atoms in total. The van der Waals surface area contributed by atoms with Crippen molar-refractivity contribution in [2.45, 2.75) is 21.0 Å². The van der Waals surface area contributed by atoms with Crippen LogP contribution in [0.15, 0.2) is 61.9 Å². The quantitative estimate of drug-likeness (QED) is 0.147. The lowest BCUT2D eigenvalue weighted by Crippen LogP contribution is -2.61. The molecule has 4 heterocycles. The van der Waals surface area contributed by atoms with Crippen molar-refractivity contribution < 1.29 is 24.3 Å². The number of carboxylic acids is 1. The molecule has 0 radical (unpaired) electrons. The summed E-state index contributed by atoms with van der Waals surface area (Å²) in [5, 5.41) is 20.0. The van der Waals surface area contributed by atoms with Gasteiger partial charge in [0.1, 0.15) is 19.0 Å². The molecule has 0 spiro atoms. The first-order valence-corrected chi connectivity index (χ1v) is 14.7. The number of nitrogens with one attached hydrogen (secondary N) is 1. The fraction of sp³-hybridized carbons (Fsp3) is 0.217. The summed E-state index contributed by atoms with van der Waals surface area (Å²) in [6.45, 7) is 0. The first-order valence-electron chi connectivity index (χ1n) is 11.0. The molecule has 1 unspecified atom stereocenters. The molecule has 38 heavy (non-hydrogen) atoms. The molecule has 4 N–H and O–H groups in total. The highest BCUT2D eigenvalue weighted by Crippen LogP contribution is 2.55. The third kappa shape index (κ3) is 4.89. The van der Waals surface area contributed by atoms with Gasteiger partial charge in [0.2, 0.25) is 5.91 Å². The number of β-lactam (4-membered cyclic amide) rings is 1. The van der Waals surface area contributed by atoms with Crippen molar-refractivity contribution in [3.8, 4) is 11.3 Å². The number of thiazole rings is 2. The number of oxime groups is 1. The van der Waals surface area contributed by atoms with E-state index in [2.05, 4.69) is 25.3 Å². The van der Waals surface area contributed by atoms with E-state index >= 15 is 0 Å². The summed E-state index contributed by atoms with van der Waals surface area (Å²) >= 11 is 5.13. The molecule has 2 aliphatic heterocycles. The standard InChI is InChI=1S/C23H20N6O5S4/c1-34-25-8-16(30)28-23(15-11-35-21(24)27-15)13(19(20(32)33)29-17(31)7-18(29)38-23)9-36-22-26-14(10-37-22)12-5-3-2-4-6-12/h2-6,8,10-11,18H,7,9H2,1H3,(H2,24,27)(H,28,30)(H,32,33)/t18-,23?/m0/s1. The van der Waals surface area contributed by atoms with Gasteiger partial charge in [-0.2, -0.15) is 0 Å². The van der Waals surface area contributed by atoms with Gasteiger partial charge in [0.05, 0.1) is 23.2 Å². The Morgan fingerprint density at radius 3 is 2.76 bits per heavy atom. The molecule has 1 saturated heterocycles. The molecule has 0 bridgehead atoms. The lowest BCUT2D eigenvalue weighted by atomic mass is 9.98. The predicted molar refractivity (Wildman–Crippen MR) is 148 cm³/mol. The highest BCUT2D eigenvalue weighted by atomic mass is 32.2. The number of rotatable bonds is 9. The molecule has 0 saturated carbocycles. The largest absolute Gasteiger partial charge is 0.477 e. The molecular weight excluding hydrogens is 569 g/mol. The highest BCUT2D eigenvalue weighted by molar-refractivity contribution is 8.02. The number of amides is 2. The fourth-order valence-corrected chi connectivity index (χ4v) is 8.44. The van der Waals surface area contributed by atoms with Crippen LogP contribution in [0.25, 0.3) is 11.3 Å². The number of fused-ring (bicyclic) bond motifs is 1. The summed E-state index contributed by atoms with van der Waals surface area (Å²) in [5.74, 6) is -2.11. The van der Waals surface area contributed by atoms with Crippen LogP contribution in [0.4, 0.5) is 5.13 Å². The summed E-state index contributed by atoms with van der Waals surface area (Å²) in [6.07, 6.45) is 1.08. The van der Waals surface area contributed by atoms with Crippen molar-refractivity contribution in [2.75, 3.05) is 18.6 Å². The Balaban J connectivity index is 1.58. The molecule has 15 heteroatoms. The van der Waals surface area contributed by atoms with Gasteiger partial charge in [-0.3, -0.25) is 14.5 Å². The second-order valence-corrected chi connectivity index (χ2v) is 12.3. The zero-order chi connectivity index (χ0) is 26.9. The Bertz CT molecular complexity index is 1460. The van der Waals surface area contributed by atoms with E-state index in [4.69, 9.17) is 5.73 Å². The zero-order valence-electron chi connectivity index (χ0n) is 19.7. The molecular formula is C23H20N6O5S4. The Hall–Kier alpha value is -3.40. The van der Waals surface area contributed by atoms with Gasteiger partial charge in [-0.1, -0.05) is 59.0 Å². The lowest BCUT2D eigenvalue weighted by molar-refractivity contribution is -0.146. The van der Waals surface area contributed by atoms with Gasteiger partial charge in [-0.05, 0) is 0 Å². The van der Waals surface area contributed by atoms with Crippen LogP contribution in [-0.4, -0.2) is 62.2 Å². The molecule has 196 valence electrons. The first kappa shape index (κ1) is 26.2. The van der Waals surface area contributed by atoms with Crippen LogP contribution in [0.2, 0.25) is 0 Å². The maximum Gasteiger partial charge on any atom is 0.352 e. The molecule has 1 aromatic carbocycles. The highest BCUT2D eigenvalue weighted by Gasteiger charge is 2.56. The fourth-order valence-electron chi connectivity index (χ4n) is 4.08. The number of carbonyl (C=O) groups excluding carboxylic acids is 2. The Kier molecular flexibility index (Phi) is 7.43. The molecule has 2 amide bonds. The minimum absolute atomic E-state index is 0.103. The molecule has 5 rings (SSSR count). The van der Waals surface area contributed by atoms with Gasteiger partial charge in [-0.25, -0.2) is 14.8 Å². The van der Waals surface area contributed by atoms with Gasteiger partial charge < -0.3 is 21.0 Å². The minimum atomic E-state index is -1.42. The van der Waals surface area contributed by atoms with Crippen LogP contribution in [0.3, 0.4) is 0 Å². The lowest BCUT2D eigenvalue weighted by Gasteiger charge is -2.51. The monoisotopic (exact) mass is 588 g/mol. The number of carbonyl (C=O) groups is 3. The van der Waals surface area contributed by atoms with E-state index < -0.39 is 22.1 Å². The summed E-state index contributed by atoms with van der Waals surface area (Å²) in [6, 6.07) is 9.68. The molecule has 2 aliphatic rings. The van der Waals surface area contributed by atoms with E-state index in [1.54, 1.807) is 5.38 Å². The van der Waals surface area contributed by atoms with Gasteiger partial charge >= 0.3 is 5.97 Å². The van der Waals surface area contributed by atoms with Crippen molar-refractivity contribution in [1.82, 2.24) is 20.2 Å². The summed E-state index contributed by atoms with van der Waals surface area (Å²) in [5.41, 5.74) is 8.16. The third-order valence-electron chi connectivity index (χ3n) is 5.72. The number of aliphatic carboxylic acids is 1. The number of aromatic nitrogens is 2. The van der Waals surface area contributed by atoms with Crippen LogP contribution < -0.4 is 11.1 Å². The normalized spacial score (nSPS) is 20.8. The van der Waals surface area contributed by atoms with Gasteiger partial charge in [0.15, 0.2) is 14.3 Å². The SMILES string of the molecule is CON=CC(=O)NC1(c2csc(N)n2)S[C@H]2CC(=O)N2C(C(=O)O)=C1CSc1nc(-c2ccccc2)cs1. The van der Waals surface area contributed by atoms with E-state index in [-0.39, 0.29) is 34.5 Å². The van der Waals surface area contributed by atoms with Crippen molar-refractivity contribution in [3.63, 3.8) is 0 Å². The number of thioether (sulfide) groups is 2. The average Bonchev–Trinajstić information content (AvgIpc) is 3.56. The van der Waals surface area contributed by atoms with Gasteiger partial charge in [-0.15, -0.1) is 22.7 Å². The van der Waals surface area contributed by atoms with E-state index in [0.29, 0.717) is 10.0 Å². The number of benzene rings is 1. The summed E-state index contributed by atoms with van der Waals surface area (Å²) in [4.78, 5) is 51.6. The second-order valence-electron chi connectivity index (χ2n) is 7.98. The smallest absolute Gasteiger partial charge is 0.352 e. The topological polar surface area (TPSA) is 160 Å². The van der Waals surface area contributed by atoms with Crippen molar-refractivity contribution in [1.29, 1.82) is 0 Å². The number of hydrogen-bond donors (Lipinski definition) is 3. The zero-order valence-corrected chi connectivity index (χ0v) is 23.0. The van der Waals surface area contributed by atoms with Gasteiger partial charge in [0.25, 0.3) is 5.91 Å². The van der Waals surface area contributed by atoms with Crippen molar-refractivity contribution >= 4 is 75.3 Å². The molecule has 1 fully saturated rings. The number of nitrogens with two attached hydrogens (primary N) is 1. The maximum absolute atomic E-state index is 12.9. The van der Waals surface area contributed by atoms with Crippen molar-refractivity contribution in [3.05, 3.63) is 58.1 Å². The van der Waals surface area contributed by atoms with Crippen LogP contribution in [0.1, 0.15) is 12.1 Å². The van der Waals surface area contributed by atoms with E-state index in [9.17, 15) is 19.5 Å². The molecule has 2 aromatic heterocycles. The minimum Gasteiger partial charge on any atom is -0.477 e.